The molecule has 0 aromatic heterocycles. The minimum absolute atomic E-state index is 0.220. The summed E-state index contributed by atoms with van der Waals surface area (Å²) in [7, 11) is 33.0. The number of amides is 2. The number of imide groups is 1. The Bertz CT molecular complexity index is 1700. The molecule has 246 valence electrons. The summed E-state index contributed by atoms with van der Waals surface area (Å²) in [6.07, 6.45) is 1.37. The largest absolute Gasteiger partial charge is 0.403 e. The smallest absolute Gasteiger partial charge is 0.238 e. The summed E-state index contributed by atoms with van der Waals surface area (Å²) in [5.41, 5.74) is 2.12. The molecule has 0 aliphatic carbocycles. The van der Waals surface area contributed by atoms with Gasteiger partial charge < -0.3 is 19.9 Å². The second-order valence-corrected chi connectivity index (χ2v) is 18.2. The maximum Gasteiger partial charge on any atom is 0.238 e. The van der Waals surface area contributed by atoms with Crippen molar-refractivity contribution in [1.29, 1.82) is 0 Å². The third kappa shape index (κ3) is 6.42. The highest BCUT2D eigenvalue weighted by atomic mass is 19.1. The summed E-state index contributed by atoms with van der Waals surface area (Å²) in [6.45, 7) is 0. The van der Waals surface area contributed by atoms with E-state index in [2.05, 4.69) is 94.0 Å². The number of carbonyl (C=O) groups excluding carboxylic acids is 3. The molecule has 1 atom stereocenters. The van der Waals surface area contributed by atoms with Gasteiger partial charge in [0.1, 0.15) is 130 Å². The van der Waals surface area contributed by atoms with Gasteiger partial charge in [-0.25, -0.2) is 4.39 Å². The van der Waals surface area contributed by atoms with E-state index in [0.29, 0.717) is 28.8 Å². The molecule has 50 heavy (non-hydrogen) atoms. The fourth-order valence-electron chi connectivity index (χ4n) is 8.81. The Hall–Kier alpha value is -2.17. The zero-order valence-electron chi connectivity index (χ0n) is 33.4. The highest BCUT2D eigenvalue weighted by molar-refractivity contribution is 6.60. The molecule has 2 N–H and O–H groups in total. The van der Waals surface area contributed by atoms with Crippen LogP contribution in [0.5, 0.6) is 0 Å². The standard InChI is InChI=1S/C26H46B15FN4O4/c1-45(19(27)8-7-16(48)43-18(19)49)22(32,33)17-11(10-47)3-2-4-15(17)44-20(28,29)13-6-5-12(9-14(13)42)21(30,31)46-23(34,35)25(38,39)50-26(40,41)24(46,36)37/h2-6,9-10,44H,7-8,27-41H2,1H3,(H,43,48,49). The topological polar surface area (TPSA) is 91.0 Å². The van der Waals surface area contributed by atoms with E-state index in [4.69, 9.17) is 4.74 Å². The van der Waals surface area contributed by atoms with E-state index in [1.807, 2.05) is 69.4 Å². The van der Waals surface area contributed by atoms with Gasteiger partial charge in [-0.3, -0.25) is 19.7 Å². The van der Waals surface area contributed by atoms with E-state index < -0.39 is 42.9 Å². The van der Waals surface area contributed by atoms with E-state index in [1.165, 1.54) is 0 Å². The van der Waals surface area contributed by atoms with E-state index >= 15 is 4.39 Å². The van der Waals surface area contributed by atoms with Crippen LogP contribution in [0, 0.1) is 5.82 Å². The number of aldehydes is 1. The summed E-state index contributed by atoms with van der Waals surface area (Å²) in [6, 6.07) is 11.0. The van der Waals surface area contributed by atoms with Crippen molar-refractivity contribution in [2.45, 2.75) is 55.8 Å². The third-order valence-electron chi connectivity index (χ3n) is 12.9. The second kappa shape index (κ2) is 12.8. The van der Waals surface area contributed by atoms with Crippen molar-refractivity contribution in [2.75, 3.05) is 12.4 Å². The Balaban J connectivity index is 1.76. The lowest BCUT2D eigenvalue weighted by Gasteiger charge is -2.72. The lowest BCUT2D eigenvalue weighted by atomic mass is 9.28. The molecule has 1 unspecified atom stereocenters. The molecule has 2 aromatic carbocycles. The Kier molecular flexibility index (Phi) is 10.4. The zero-order chi connectivity index (χ0) is 38.3. The fourth-order valence-corrected chi connectivity index (χ4v) is 8.81. The van der Waals surface area contributed by atoms with Crippen LogP contribution in [0.1, 0.15) is 39.9 Å². The number of ether oxygens (including phenoxy) is 1. The van der Waals surface area contributed by atoms with Crippen LogP contribution in [0.25, 0.3) is 0 Å². The van der Waals surface area contributed by atoms with Crippen molar-refractivity contribution in [1.82, 2.24) is 15.1 Å². The molecule has 4 rings (SSSR count). The van der Waals surface area contributed by atoms with Crippen LogP contribution < -0.4 is 10.6 Å². The van der Waals surface area contributed by atoms with Crippen LogP contribution in [-0.4, -0.2) is 180 Å². The van der Waals surface area contributed by atoms with Crippen LogP contribution in [-0.2, 0) is 30.3 Å². The summed E-state index contributed by atoms with van der Waals surface area (Å²) < 4.78 is 23.3. The van der Waals surface area contributed by atoms with Crippen LogP contribution in [0.3, 0.4) is 0 Å². The summed E-state index contributed by atoms with van der Waals surface area (Å²) in [5.74, 6) is -1.00. The Morgan fingerprint density at radius 3 is 1.98 bits per heavy atom. The van der Waals surface area contributed by atoms with Gasteiger partial charge >= 0.3 is 0 Å². The predicted octanol–water partition coefficient (Wildman–Crippen LogP) is -13.4. The first-order valence-electron chi connectivity index (χ1n) is 17.8. The number of benzene rings is 2. The first-order valence-corrected chi connectivity index (χ1v) is 17.8. The van der Waals surface area contributed by atoms with Crippen molar-refractivity contribution in [2.24, 2.45) is 0 Å². The number of nitrogens with one attached hydrogen (secondary N) is 2. The van der Waals surface area contributed by atoms with Crippen LogP contribution in [0.2, 0.25) is 0 Å². The molecule has 0 spiro atoms. The van der Waals surface area contributed by atoms with E-state index in [1.54, 1.807) is 18.2 Å². The maximum atomic E-state index is 16.6. The van der Waals surface area contributed by atoms with Crippen molar-refractivity contribution >= 4 is 141 Å². The van der Waals surface area contributed by atoms with Crippen molar-refractivity contribution in [3.8, 4) is 0 Å². The molecule has 2 aromatic rings. The average Bonchev–Trinajstić information content (AvgIpc) is 2.96. The van der Waals surface area contributed by atoms with Crippen LogP contribution in [0.4, 0.5) is 10.1 Å². The van der Waals surface area contributed by atoms with Crippen molar-refractivity contribution < 1.29 is 23.5 Å². The van der Waals surface area contributed by atoms with Crippen LogP contribution in [0.15, 0.2) is 36.4 Å². The highest BCUT2D eigenvalue weighted by Gasteiger charge is 2.61. The molecule has 2 fully saturated rings. The lowest BCUT2D eigenvalue weighted by molar-refractivity contribution is -0.139. The molecule has 2 aliphatic heterocycles. The number of likely N-dealkylation sites (N-methyl/N-ethyl adjacent to an activating group) is 1. The van der Waals surface area contributed by atoms with Gasteiger partial charge in [0, 0.05) is 33.8 Å². The zero-order valence-corrected chi connectivity index (χ0v) is 33.4. The molecule has 0 bridgehead atoms. The first-order chi connectivity index (χ1) is 22.5. The number of piperidine rings is 1. The third-order valence-corrected chi connectivity index (χ3v) is 12.9. The molecule has 2 heterocycles. The van der Waals surface area contributed by atoms with Gasteiger partial charge in [0.2, 0.25) is 11.8 Å². The molecule has 2 amide bonds. The second-order valence-electron chi connectivity index (χ2n) is 18.2. The minimum atomic E-state index is -0.997. The molecule has 2 aliphatic rings. The number of hydrogen-bond acceptors (Lipinski definition) is 7. The number of hydrogen-bond donors (Lipinski definition) is 2. The SMILES string of the molecule is BC(B)(Nc1cccc(C=O)c1C(B)(B)N(C)C1(B)CCC(=O)NC1=O)c1ccc(C(B)(B)N2C(B)(B)C(B)(B)OC(B)(B)C2(B)B)cc1F. The van der Waals surface area contributed by atoms with E-state index in [0.717, 1.165) is 11.8 Å². The fraction of sp³-hybridized carbons (Fsp3) is 0.423. The van der Waals surface area contributed by atoms with Crippen LogP contribution >= 0.6 is 0 Å². The molecule has 2 saturated heterocycles. The number of nitrogens with zero attached hydrogens (tertiary/aromatic N) is 2. The van der Waals surface area contributed by atoms with E-state index in [-0.39, 0.29) is 24.1 Å². The normalized spacial score (nSPS) is 23.5. The summed E-state index contributed by atoms with van der Waals surface area (Å²) in [5, 5.41) is 1.94. The first kappa shape index (κ1) is 40.6. The van der Waals surface area contributed by atoms with Gasteiger partial charge in [-0.1, -0.05) is 24.3 Å². The Morgan fingerprint density at radius 2 is 1.48 bits per heavy atom. The molecule has 24 heteroatoms. The number of halogens is 1. The lowest BCUT2D eigenvalue weighted by Crippen LogP contribution is -2.88. The van der Waals surface area contributed by atoms with Gasteiger partial charge in [-0.15, -0.1) is 0 Å². The van der Waals surface area contributed by atoms with Crippen molar-refractivity contribution in [3.63, 3.8) is 0 Å². The van der Waals surface area contributed by atoms with Gasteiger partial charge in [0.25, 0.3) is 0 Å². The summed E-state index contributed by atoms with van der Waals surface area (Å²) >= 11 is 0. The molecular formula is C26H46B15FN4O4. The minimum Gasteiger partial charge on any atom is -0.403 e. The molecule has 0 radical (unpaired) electrons. The molecular weight excluding hydrogens is 613 g/mol. The highest BCUT2D eigenvalue weighted by Crippen LogP contribution is 2.46. The summed E-state index contributed by atoms with van der Waals surface area (Å²) in [4.78, 5) is 42.1. The number of morpholine rings is 1. The van der Waals surface area contributed by atoms with Gasteiger partial charge in [-0.05, 0) is 63.6 Å². The Morgan fingerprint density at radius 1 is 0.920 bits per heavy atom. The van der Waals surface area contributed by atoms with Crippen molar-refractivity contribution in [3.05, 3.63) is 64.5 Å². The number of carbonyl (C=O) groups is 3. The predicted molar refractivity (Wildman–Crippen MR) is 242 cm³/mol. The van der Waals surface area contributed by atoms with E-state index in [9.17, 15) is 14.4 Å². The van der Waals surface area contributed by atoms with Gasteiger partial charge in [0.15, 0.2) is 0 Å². The average molecular weight is 660 g/mol. The number of rotatable bonds is 9. The maximum absolute atomic E-state index is 16.6. The Labute approximate surface area is 311 Å². The van der Waals surface area contributed by atoms with Gasteiger partial charge in [0.05, 0.1) is 5.44 Å². The molecule has 8 nitrogen and oxygen atoms in total. The van der Waals surface area contributed by atoms with Gasteiger partial charge in [-0.2, -0.15) is 0 Å². The monoisotopic (exact) mass is 662 g/mol. The molecule has 0 saturated carbocycles. The number of anilines is 1. The quantitative estimate of drug-likeness (QED) is 0.157.